The quantitative estimate of drug-likeness (QED) is 0.320. The molecular formula is C26H24Cl3F3N4O2. The lowest BCUT2D eigenvalue weighted by atomic mass is 10.0. The number of carbonyl (C=O) groups is 1. The van der Waals surface area contributed by atoms with Crippen LogP contribution in [0.2, 0.25) is 15.2 Å². The Labute approximate surface area is 233 Å². The number of alkyl halides is 3. The van der Waals surface area contributed by atoms with Crippen LogP contribution < -0.4 is 10.1 Å². The lowest BCUT2D eigenvalue weighted by Gasteiger charge is -2.32. The zero-order valence-corrected chi connectivity index (χ0v) is 22.6. The second kappa shape index (κ2) is 12.1. The van der Waals surface area contributed by atoms with Gasteiger partial charge in [0.1, 0.15) is 10.9 Å². The summed E-state index contributed by atoms with van der Waals surface area (Å²) >= 11 is 18.1. The van der Waals surface area contributed by atoms with Crippen LogP contribution in [0.5, 0.6) is 5.75 Å². The van der Waals surface area contributed by atoms with Gasteiger partial charge in [-0.3, -0.25) is 9.69 Å². The van der Waals surface area contributed by atoms with Crippen LogP contribution in [0.4, 0.5) is 18.9 Å². The summed E-state index contributed by atoms with van der Waals surface area (Å²) in [6.45, 7) is 3.57. The Kier molecular flexibility index (Phi) is 9.05. The van der Waals surface area contributed by atoms with Crippen LogP contribution in [0.15, 0.2) is 48.7 Å². The molecule has 12 heteroatoms. The van der Waals surface area contributed by atoms with Crippen molar-refractivity contribution >= 4 is 46.4 Å². The van der Waals surface area contributed by atoms with E-state index in [1.807, 2.05) is 7.05 Å². The molecule has 6 nitrogen and oxygen atoms in total. The third-order valence-electron chi connectivity index (χ3n) is 6.09. The van der Waals surface area contributed by atoms with Gasteiger partial charge in [-0.05, 0) is 49.0 Å². The number of carbonyl (C=O) groups excluding carboxylic acids is 1. The molecule has 0 atom stereocenters. The summed E-state index contributed by atoms with van der Waals surface area (Å²) < 4.78 is 45.8. The molecule has 2 aromatic carbocycles. The average molecular weight is 588 g/mol. The summed E-state index contributed by atoms with van der Waals surface area (Å²) in [5, 5.41) is 3.32. The van der Waals surface area contributed by atoms with Crippen molar-refractivity contribution < 1.29 is 22.7 Å². The van der Waals surface area contributed by atoms with Crippen LogP contribution in [0.1, 0.15) is 11.1 Å². The van der Waals surface area contributed by atoms with Crippen LogP contribution in [0.25, 0.3) is 11.1 Å². The molecule has 4 rings (SSSR count). The first-order valence-corrected chi connectivity index (χ1v) is 12.8. The Balaban J connectivity index is 1.57. The fourth-order valence-electron chi connectivity index (χ4n) is 3.98. The maximum atomic E-state index is 13.3. The normalized spacial score (nSPS) is 14.9. The fourth-order valence-corrected chi connectivity index (χ4v) is 4.49. The van der Waals surface area contributed by atoms with Crippen LogP contribution in [-0.2, 0) is 17.5 Å². The van der Waals surface area contributed by atoms with Crippen molar-refractivity contribution in [2.45, 2.75) is 12.7 Å². The number of halogens is 6. The first-order chi connectivity index (χ1) is 18.0. The van der Waals surface area contributed by atoms with E-state index < -0.39 is 17.6 Å². The zero-order chi connectivity index (χ0) is 27.4. The Morgan fingerprint density at radius 1 is 1.03 bits per heavy atom. The highest BCUT2D eigenvalue weighted by Crippen LogP contribution is 2.36. The summed E-state index contributed by atoms with van der Waals surface area (Å²) in [5.41, 5.74) is 0.905. The largest absolute Gasteiger partial charge is 0.483 e. The predicted molar refractivity (Wildman–Crippen MR) is 143 cm³/mol. The SMILES string of the molecule is CN1CCN(Cc2cc(-c3cc(C(F)(F)F)cnc3Cl)ccc2OCC(=O)Nc2ccc(Cl)c(Cl)c2)CC1. The number of likely N-dealkylation sites (N-methyl/N-ethyl adjacent to an activating group) is 1. The minimum Gasteiger partial charge on any atom is -0.483 e. The number of pyridine rings is 1. The number of rotatable bonds is 7. The number of benzene rings is 2. The molecule has 1 N–H and O–H groups in total. The van der Waals surface area contributed by atoms with Crippen molar-refractivity contribution in [1.29, 1.82) is 0 Å². The van der Waals surface area contributed by atoms with E-state index in [1.54, 1.807) is 30.3 Å². The van der Waals surface area contributed by atoms with Crippen molar-refractivity contribution in [3.63, 3.8) is 0 Å². The molecule has 38 heavy (non-hydrogen) atoms. The summed E-state index contributed by atoms with van der Waals surface area (Å²) in [5.74, 6) is 0.0242. The van der Waals surface area contributed by atoms with Crippen molar-refractivity contribution in [3.05, 3.63) is 75.0 Å². The molecule has 0 aliphatic carbocycles. The molecule has 2 heterocycles. The number of nitrogens with one attached hydrogen (secondary N) is 1. The molecule has 202 valence electrons. The van der Waals surface area contributed by atoms with Crippen LogP contribution in [0, 0.1) is 0 Å². The van der Waals surface area contributed by atoms with E-state index in [0.717, 1.165) is 32.2 Å². The van der Waals surface area contributed by atoms with Crippen LogP contribution in [0.3, 0.4) is 0 Å². The van der Waals surface area contributed by atoms with E-state index in [0.29, 0.717) is 45.4 Å². The van der Waals surface area contributed by atoms with Gasteiger partial charge < -0.3 is 15.0 Å². The molecule has 1 aliphatic rings. The monoisotopic (exact) mass is 586 g/mol. The predicted octanol–water partition coefficient (Wildman–Crippen LogP) is 6.49. The molecule has 0 bridgehead atoms. The number of piperazine rings is 1. The van der Waals surface area contributed by atoms with E-state index in [9.17, 15) is 18.0 Å². The number of nitrogens with zero attached hydrogens (tertiary/aromatic N) is 3. The van der Waals surface area contributed by atoms with Gasteiger partial charge in [-0.1, -0.05) is 40.9 Å². The Hall–Kier alpha value is -2.56. The zero-order valence-electron chi connectivity index (χ0n) is 20.3. The topological polar surface area (TPSA) is 57.7 Å². The molecule has 3 aromatic rings. The van der Waals surface area contributed by atoms with Gasteiger partial charge in [-0.2, -0.15) is 13.2 Å². The maximum Gasteiger partial charge on any atom is 0.417 e. The summed E-state index contributed by atoms with van der Waals surface area (Å²) in [6, 6.07) is 10.7. The van der Waals surface area contributed by atoms with E-state index in [-0.39, 0.29) is 17.3 Å². The van der Waals surface area contributed by atoms with Crippen molar-refractivity contribution in [3.8, 4) is 16.9 Å². The van der Waals surface area contributed by atoms with Gasteiger partial charge in [-0.25, -0.2) is 4.98 Å². The third kappa shape index (κ3) is 7.30. The van der Waals surface area contributed by atoms with Gasteiger partial charge in [0.2, 0.25) is 0 Å². The molecule has 1 fully saturated rings. The lowest BCUT2D eigenvalue weighted by Crippen LogP contribution is -2.43. The average Bonchev–Trinajstić information content (AvgIpc) is 2.86. The van der Waals surface area contributed by atoms with Gasteiger partial charge in [0.25, 0.3) is 5.91 Å². The van der Waals surface area contributed by atoms with Gasteiger partial charge in [0.05, 0.1) is 15.6 Å². The van der Waals surface area contributed by atoms with E-state index in [2.05, 4.69) is 20.1 Å². The Morgan fingerprint density at radius 3 is 2.45 bits per heavy atom. The molecule has 1 amide bonds. The van der Waals surface area contributed by atoms with Gasteiger partial charge in [-0.15, -0.1) is 0 Å². The first-order valence-electron chi connectivity index (χ1n) is 11.6. The number of hydrogen-bond donors (Lipinski definition) is 1. The number of ether oxygens (including phenoxy) is 1. The summed E-state index contributed by atoms with van der Waals surface area (Å²) in [6.07, 6.45) is -3.85. The van der Waals surface area contributed by atoms with Gasteiger partial charge >= 0.3 is 6.18 Å². The second-order valence-electron chi connectivity index (χ2n) is 8.93. The lowest BCUT2D eigenvalue weighted by molar-refractivity contribution is -0.137. The van der Waals surface area contributed by atoms with Crippen molar-refractivity contribution in [2.75, 3.05) is 45.2 Å². The minimum absolute atomic E-state index is 0.0433. The van der Waals surface area contributed by atoms with Crippen molar-refractivity contribution in [2.24, 2.45) is 0 Å². The van der Waals surface area contributed by atoms with Crippen LogP contribution >= 0.6 is 34.8 Å². The number of anilines is 1. The van der Waals surface area contributed by atoms with Gasteiger partial charge in [0, 0.05) is 55.7 Å². The molecule has 1 aliphatic heterocycles. The van der Waals surface area contributed by atoms with E-state index in [1.165, 1.54) is 6.07 Å². The molecule has 0 spiro atoms. The summed E-state index contributed by atoms with van der Waals surface area (Å²) in [4.78, 5) is 20.7. The molecule has 0 unspecified atom stereocenters. The van der Waals surface area contributed by atoms with E-state index >= 15 is 0 Å². The van der Waals surface area contributed by atoms with Crippen LogP contribution in [-0.4, -0.2) is 60.5 Å². The number of hydrogen-bond acceptors (Lipinski definition) is 5. The van der Waals surface area contributed by atoms with Gasteiger partial charge in [0.15, 0.2) is 6.61 Å². The Bertz CT molecular complexity index is 1320. The molecule has 0 radical (unpaired) electrons. The molecular weight excluding hydrogens is 564 g/mol. The number of amides is 1. The third-order valence-corrected chi connectivity index (χ3v) is 7.13. The highest BCUT2D eigenvalue weighted by atomic mass is 35.5. The molecule has 1 aromatic heterocycles. The number of aromatic nitrogens is 1. The fraction of sp³-hybridized carbons (Fsp3) is 0.308. The smallest absolute Gasteiger partial charge is 0.417 e. The van der Waals surface area contributed by atoms with Crippen molar-refractivity contribution in [1.82, 2.24) is 14.8 Å². The standard InChI is InChI=1S/C26H24Cl3F3N4O2/c1-35-6-8-36(9-7-35)14-17-10-16(20-11-18(26(30,31)32)13-33-25(20)29)2-5-23(17)38-15-24(37)34-19-3-4-21(27)22(28)12-19/h2-5,10-13H,6-9,14-15H2,1H3,(H,34,37). The van der Waals surface area contributed by atoms with E-state index in [4.69, 9.17) is 39.5 Å². The second-order valence-corrected chi connectivity index (χ2v) is 10.1. The first kappa shape index (κ1) is 28.4. The Morgan fingerprint density at radius 2 is 1.76 bits per heavy atom. The minimum atomic E-state index is -4.56. The molecule has 1 saturated heterocycles. The maximum absolute atomic E-state index is 13.3. The summed E-state index contributed by atoms with van der Waals surface area (Å²) in [7, 11) is 2.04. The highest BCUT2D eigenvalue weighted by molar-refractivity contribution is 6.42. The highest BCUT2D eigenvalue weighted by Gasteiger charge is 2.32. The molecule has 0 saturated carbocycles.